The molecule has 38 heavy (non-hydrogen) atoms. The SMILES string of the molecule is CC(CCn1c(=O)[nH]c2ccccc21)N1CCC(Nc2nc3ccccc3n2Cc2ccc(F)cc2)CC1. The van der Waals surface area contributed by atoms with Crippen LogP contribution in [0.4, 0.5) is 10.3 Å². The van der Waals surface area contributed by atoms with Gasteiger partial charge in [-0.25, -0.2) is 14.2 Å². The lowest BCUT2D eigenvalue weighted by Crippen LogP contribution is -2.44. The maximum absolute atomic E-state index is 13.4. The number of nitrogens with zero attached hydrogens (tertiary/aromatic N) is 4. The van der Waals surface area contributed by atoms with Crippen LogP contribution in [0.2, 0.25) is 0 Å². The molecule has 8 heteroatoms. The van der Waals surface area contributed by atoms with E-state index >= 15 is 0 Å². The topological polar surface area (TPSA) is 70.9 Å². The van der Waals surface area contributed by atoms with Crippen LogP contribution >= 0.6 is 0 Å². The zero-order valence-corrected chi connectivity index (χ0v) is 21.6. The number of halogens is 1. The van der Waals surface area contributed by atoms with Crippen LogP contribution in [0.25, 0.3) is 22.1 Å². The summed E-state index contributed by atoms with van der Waals surface area (Å²) in [6.07, 6.45) is 2.97. The zero-order chi connectivity index (χ0) is 26.1. The van der Waals surface area contributed by atoms with Crippen molar-refractivity contribution in [3.63, 3.8) is 0 Å². The molecule has 1 saturated heterocycles. The minimum Gasteiger partial charge on any atom is -0.353 e. The number of imidazole rings is 2. The van der Waals surface area contributed by atoms with Gasteiger partial charge >= 0.3 is 5.69 Å². The number of para-hydroxylation sites is 4. The summed E-state index contributed by atoms with van der Waals surface area (Å²) >= 11 is 0. The normalized spacial score (nSPS) is 15.8. The van der Waals surface area contributed by atoms with Gasteiger partial charge in [-0.3, -0.25) is 4.57 Å². The second-order valence-corrected chi connectivity index (χ2v) is 10.3. The van der Waals surface area contributed by atoms with Gasteiger partial charge in [0.05, 0.1) is 28.6 Å². The molecule has 196 valence electrons. The van der Waals surface area contributed by atoms with Crippen molar-refractivity contribution in [2.45, 2.75) is 51.4 Å². The van der Waals surface area contributed by atoms with Gasteiger partial charge in [0.1, 0.15) is 5.82 Å². The molecular weight excluding hydrogens is 479 g/mol. The Bertz CT molecular complexity index is 1590. The summed E-state index contributed by atoms with van der Waals surface area (Å²) in [4.78, 5) is 22.8. The van der Waals surface area contributed by atoms with Gasteiger partial charge in [-0.2, -0.15) is 0 Å². The highest BCUT2D eigenvalue weighted by atomic mass is 19.1. The highest BCUT2D eigenvalue weighted by Crippen LogP contribution is 2.25. The molecule has 1 fully saturated rings. The molecule has 7 nitrogen and oxygen atoms in total. The molecule has 0 amide bonds. The largest absolute Gasteiger partial charge is 0.353 e. The van der Waals surface area contributed by atoms with Crippen molar-refractivity contribution in [1.82, 2.24) is 24.0 Å². The van der Waals surface area contributed by atoms with E-state index < -0.39 is 0 Å². The third-order valence-electron chi connectivity index (χ3n) is 7.85. The maximum Gasteiger partial charge on any atom is 0.326 e. The number of anilines is 1. The first kappa shape index (κ1) is 24.4. The molecular formula is C30H33FN6O. The van der Waals surface area contributed by atoms with Gasteiger partial charge < -0.3 is 19.8 Å². The molecule has 0 bridgehead atoms. The number of fused-ring (bicyclic) bond motifs is 2. The Kier molecular flexibility index (Phi) is 6.72. The number of nitrogens with one attached hydrogen (secondary N) is 2. The Balaban J connectivity index is 1.09. The first-order valence-corrected chi connectivity index (χ1v) is 13.4. The number of hydrogen-bond donors (Lipinski definition) is 2. The third kappa shape index (κ3) is 4.96. The molecule has 6 rings (SSSR count). The van der Waals surface area contributed by atoms with E-state index in [1.54, 1.807) is 0 Å². The Morgan fingerprint density at radius 3 is 2.47 bits per heavy atom. The molecule has 1 atom stereocenters. The summed E-state index contributed by atoms with van der Waals surface area (Å²) in [5, 5.41) is 3.71. The molecule has 1 aliphatic rings. The number of hydrogen-bond acceptors (Lipinski definition) is 4. The van der Waals surface area contributed by atoms with Gasteiger partial charge in [0.2, 0.25) is 5.95 Å². The van der Waals surface area contributed by atoms with E-state index in [0.29, 0.717) is 25.2 Å². The molecule has 5 aromatic rings. The summed E-state index contributed by atoms with van der Waals surface area (Å²) in [6, 6.07) is 23.4. The van der Waals surface area contributed by atoms with E-state index in [1.807, 2.05) is 59.2 Å². The molecule has 0 aliphatic carbocycles. The highest BCUT2D eigenvalue weighted by molar-refractivity contribution is 5.79. The quantitative estimate of drug-likeness (QED) is 0.299. The van der Waals surface area contributed by atoms with Crippen LogP contribution in [0, 0.1) is 5.82 Å². The fraction of sp³-hybridized carbons (Fsp3) is 0.333. The van der Waals surface area contributed by atoms with E-state index in [-0.39, 0.29) is 11.5 Å². The molecule has 2 N–H and O–H groups in total. The third-order valence-corrected chi connectivity index (χ3v) is 7.85. The number of likely N-dealkylation sites (tertiary alicyclic amines) is 1. The highest BCUT2D eigenvalue weighted by Gasteiger charge is 2.24. The fourth-order valence-electron chi connectivity index (χ4n) is 5.61. The van der Waals surface area contributed by atoms with Crippen LogP contribution in [0.5, 0.6) is 0 Å². The van der Waals surface area contributed by atoms with Crippen molar-refractivity contribution >= 4 is 28.0 Å². The molecule has 3 heterocycles. The summed E-state index contributed by atoms with van der Waals surface area (Å²) in [5.41, 5.74) is 4.88. The lowest BCUT2D eigenvalue weighted by molar-refractivity contribution is 0.156. The molecule has 0 radical (unpaired) electrons. The van der Waals surface area contributed by atoms with Crippen LogP contribution in [0.15, 0.2) is 77.6 Å². The van der Waals surface area contributed by atoms with Gasteiger partial charge in [0.15, 0.2) is 0 Å². The Morgan fingerprint density at radius 2 is 1.68 bits per heavy atom. The number of aromatic amines is 1. The molecule has 3 aromatic carbocycles. The summed E-state index contributed by atoms with van der Waals surface area (Å²) < 4.78 is 17.5. The van der Waals surface area contributed by atoms with Crippen molar-refractivity contribution in [3.8, 4) is 0 Å². The number of piperidine rings is 1. The number of aromatic nitrogens is 4. The standard InChI is InChI=1S/C30H33FN6O/c1-21(14-19-36-27-8-4-3-7-26(27)34-30(36)38)35-17-15-24(16-18-35)32-29-33-25-6-2-5-9-28(25)37(29)20-22-10-12-23(31)13-11-22/h2-13,21,24H,14-20H2,1H3,(H,32,33)(H,34,38). The first-order chi connectivity index (χ1) is 18.5. The second-order valence-electron chi connectivity index (χ2n) is 10.3. The minimum atomic E-state index is -0.225. The summed E-state index contributed by atoms with van der Waals surface area (Å²) in [7, 11) is 0. The Labute approximate surface area is 220 Å². The monoisotopic (exact) mass is 512 g/mol. The Morgan fingerprint density at radius 1 is 0.974 bits per heavy atom. The van der Waals surface area contributed by atoms with Gasteiger partial charge in [0, 0.05) is 31.7 Å². The van der Waals surface area contributed by atoms with Gasteiger partial charge in [0.25, 0.3) is 0 Å². The van der Waals surface area contributed by atoms with Gasteiger partial charge in [-0.1, -0.05) is 36.4 Å². The van der Waals surface area contributed by atoms with Crippen molar-refractivity contribution in [2.75, 3.05) is 18.4 Å². The average Bonchev–Trinajstić information content (AvgIpc) is 3.44. The molecule has 2 aromatic heterocycles. The van der Waals surface area contributed by atoms with Crippen LogP contribution in [0.3, 0.4) is 0 Å². The van der Waals surface area contributed by atoms with Crippen molar-refractivity contribution in [1.29, 1.82) is 0 Å². The maximum atomic E-state index is 13.4. The zero-order valence-electron chi connectivity index (χ0n) is 21.6. The van der Waals surface area contributed by atoms with E-state index in [0.717, 1.165) is 65.9 Å². The fourth-order valence-corrected chi connectivity index (χ4v) is 5.61. The summed E-state index contributed by atoms with van der Waals surface area (Å²) in [5.74, 6) is 0.637. The van der Waals surface area contributed by atoms with Crippen molar-refractivity contribution in [2.24, 2.45) is 0 Å². The molecule has 1 aliphatic heterocycles. The summed E-state index contributed by atoms with van der Waals surface area (Å²) in [6.45, 7) is 5.59. The smallest absolute Gasteiger partial charge is 0.326 e. The second kappa shape index (κ2) is 10.5. The Hall–Kier alpha value is -3.91. The van der Waals surface area contributed by atoms with Gasteiger partial charge in [-0.05, 0) is 68.1 Å². The number of benzene rings is 3. The average molecular weight is 513 g/mol. The first-order valence-electron chi connectivity index (χ1n) is 13.4. The van der Waals surface area contributed by atoms with E-state index in [4.69, 9.17) is 4.98 Å². The van der Waals surface area contributed by atoms with Gasteiger partial charge in [-0.15, -0.1) is 0 Å². The van der Waals surface area contributed by atoms with E-state index in [1.165, 1.54) is 12.1 Å². The van der Waals surface area contributed by atoms with Crippen molar-refractivity contribution in [3.05, 3.63) is 94.7 Å². The molecule has 0 saturated carbocycles. The number of H-pyrrole nitrogens is 1. The minimum absolute atomic E-state index is 0.0372. The molecule has 0 spiro atoms. The van der Waals surface area contributed by atoms with Crippen LogP contribution in [-0.2, 0) is 13.1 Å². The van der Waals surface area contributed by atoms with Crippen LogP contribution in [0.1, 0.15) is 31.7 Å². The predicted octanol–water partition coefficient (Wildman–Crippen LogP) is 5.22. The number of rotatable bonds is 8. The van der Waals surface area contributed by atoms with E-state index in [2.05, 4.69) is 32.8 Å². The lowest BCUT2D eigenvalue weighted by Gasteiger charge is -2.36. The van der Waals surface area contributed by atoms with Crippen molar-refractivity contribution < 1.29 is 4.39 Å². The molecule has 1 unspecified atom stereocenters. The van der Waals surface area contributed by atoms with E-state index in [9.17, 15) is 9.18 Å². The number of aryl methyl sites for hydroxylation is 1. The van der Waals surface area contributed by atoms with Crippen LogP contribution < -0.4 is 11.0 Å². The van der Waals surface area contributed by atoms with Crippen LogP contribution in [-0.4, -0.2) is 49.2 Å². The lowest BCUT2D eigenvalue weighted by atomic mass is 10.0. The predicted molar refractivity (Wildman–Crippen MR) is 150 cm³/mol.